The smallest absolute Gasteiger partial charge is 0.407 e. The van der Waals surface area contributed by atoms with Gasteiger partial charge in [0.1, 0.15) is 11.2 Å². The first-order valence-electron chi connectivity index (χ1n) is 13.7. The van der Waals surface area contributed by atoms with Crippen molar-refractivity contribution < 1.29 is 19.8 Å². The molecule has 6 rings (SSSR count). The van der Waals surface area contributed by atoms with Crippen molar-refractivity contribution in [2.75, 3.05) is 13.1 Å². The van der Waals surface area contributed by atoms with Crippen LogP contribution in [0.2, 0.25) is 0 Å². The van der Waals surface area contributed by atoms with Gasteiger partial charge in [-0.2, -0.15) is 0 Å². The van der Waals surface area contributed by atoms with Gasteiger partial charge in [0.25, 0.3) is 5.91 Å². The Kier molecular flexibility index (Phi) is 6.34. The van der Waals surface area contributed by atoms with Crippen molar-refractivity contribution in [3.05, 3.63) is 82.4 Å². The van der Waals surface area contributed by atoms with Gasteiger partial charge in [-0.1, -0.05) is 6.07 Å². The maximum absolute atomic E-state index is 13.6. The number of rotatable bonds is 4. The number of aliphatic hydroxyl groups is 1. The molecule has 3 aromatic heterocycles. The van der Waals surface area contributed by atoms with Gasteiger partial charge in [-0.05, 0) is 92.1 Å². The summed E-state index contributed by atoms with van der Waals surface area (Å²) < 4.78 is 0. The van der Waals surface area contributed by atoms with Crippen molar-refractivity contribution in [3.8, 4) is 11.1 Å². The highest BCUT2D eigenvalue weighted by atomic mass is 16.4. The molecule has 0 saturated carbocycles. The minimum atomic E-state index is -1.16. The minimum absolute atomic E-state index is 0.132. The predicted octanol–water partition coefficient (Wildman–Crippen LogP) is 5.17. The Morgan fingerprint density at radius 2 is 1.93 bits per heavy atom. The Labute approximate surface area is 232 Å². The Balaban J connectivity index is 1.41. The number of benzene rings is 1. The van der Waals surface area contributed by atoms with Gasteiger partial charge < -0.3 is 25.0 Å². The molecular weight excluding hydrogens is 506 g/mol. The number of carboxylic acid groups (broad SMARTS) is 1. The number of nitrogens with one attached hydrogen (secondary N) is 1. The van der Waals surface area contributed by atoms with Crippen LogP contribution in [-0.4, -0.2) is 60.1 Å². The number of aromatic nitrogens is 3. The maximum atomic E-state index is 13.6. The first-order chi connectivity index (χ1) is 19.1. The number of carbonyl (C=O) groups excluding carboxylic acids is 1. The fourth-order valence-corrected chi connectivity index (χ4v) is 6.03. The van der Waals surface area contributed by atoms with E-state index in [-0.39, 0.29) is 11.9 Å². The van der Waals surface area contributed by atoms with Gasteiger partial charge in [-0.3, -0.25) is 9.78 Å². The number of amides is 2. The zero-order valence-electron chi connectivity index (χ0n) is 22.9. The van der Waals surface area contributed by atoms with E-state index in [1.165, 1.54) is 4.90 Å². The normalized spacial score (nSPS) is 17.4. The van der Waals surface area contributed by atoms with Gasteiger partial charge in [0, 0.05) is 54.7 Å². The molecule has 4 aromatic rings. The lowest BCUT2D eigenvalue weighted by atomic mass is 9.86. The summed E-state index contributed by atoms with van der Waals surface area (Å²) in [6.45, 7) is 6.76. The second kappa shape index (κ2) is 9.75. The summed E-state index contributed by atoms with van der Waals surface area (Å²) in [7, 11) is 0. The van der Waals surface area contributed by atoms with Crippen LogP contribution in [0, 0.1) is 6.92 Å². The van der Waals surface area contributed by atoms with Crippen LogP contribution in [0.3, 0.4) is 0 Å². The minimum Gasteiger partial charge on any atom is -0.465 e. The summed E-state index contributed by atoms with van der Waals surface area (Å²) in [6.07, 6.45) is 6.63. The number of pyridine rings is 2. The second-order valence-electron chi connectivity index (χ2n) is 11.4. The molecule has 40 heavy (non-hydrogen) atoms. The molecule has 1 fully saturated rings. The number of fused-ring (bicyclic) bond motifs is 2. The third-order valence-corrected chi connectivity index (χ3v) is 8.23. The van der Waals surface area contributed by atoms with Crippen LogP contribution >= 0.6 is 0 Å². The number of likely N-dealkylation sites (tertiary alicyclic amines) is 1. The molecule has 2 aliphatic heterocycles. The Morgan fingerprint density at radius 3 is 2.70 bits per heavy atom. The van der Waals surface area contributed by atoms with E-state index in [1.54, 1.807) is 32.2 Å². The molecule has 0 aliphatic carbocycles. The Hall–Kier alpha value is -4.24. The SMILES string of the molecule is Cc1c[nH]c2ncc(-c3cc4c(c([C@@H]5CCCN5C(=O)O)c3)CN(C(=O)c3ccnc(C(C)(C)O)c3)CC4)cc12. The summed E-state index contributed by atoms with van der Waals surface area (Å²) in [5.74, 6) is -0.132. The van der Waals surface area contributed by atoms with E-state index in [4.69, 9.17) is 0 Å². The van der Waals surface area contributed by atoms with E-state index < -0.39 is 11.7 Å². The molecule has 0 bridgehead atoms. The van der Waals surface area contributed by atoms with Gasteiger partial charge >= 0.3 is 6.09 Å². The summed E-state index contributed by atoms with van der Waals surface area (Å²) in [4.78, 5) is 41.2. The summed E-state index contributed by atoms with van der Waals surface area (Å²) in [6, 6.07) is 9.46. The van der Waals surface area contributed by atoms with Gasteiger partial charge in [0.2, 0.25) is 0 Å². The van der Waals surface area contributed by atoms with Crippen molar-refractivity contribution in [1.82, 2.24) is 24.8 Å². The summed E-state index contributed by atoms with van der Waals surface area (Å²) in [5.41, 5.74) is 6.81. The molecule has 9 nitrogen and oxygen atoms in total. The second-order valence-corrected chi connectivity index (χ2v) is 11.4. The van der Waals surface area contributed by atoms with E-state index in [0.717, 1.165) is 57.3 Å². The van der Waals surface area contributed by atoms with Gasteiger partial charge in [0.05, 0.1) is 11.7 Å². The number of aromatic amines is 1. The van der Waals surface area contributed by atoms with Crippen molar-refractivity contribution in [1.29, 1.82) is 0 Å². The van der Waals surface area contributed by atoms with Crippen LogP contribution in [0.15, 0.2) is 48.9 Å². The summed E-state index contributed by atoms with van der Waals surface area (Å²) >= 11 is 0. The molecule has 2 aliphatic rings. The Bertz CT molecular complexity index is 1640. The molecule has 3 N–H and O–H groups in total. The number of hydrogen-bond donors (Lipinski definition) is 3. The number of carbonyl (C=O) groups is 2. The zero-order chi connectivity index (χ0) is 28.2. The third-order valence-electron chi connectivity index (χ3n) is 8.23. The topological polar surface area (TPSA) is 123 Å². The molecule has 0 radical (unpaired) electrons. The van der Waals surface area contributed by atoms with Crippen molar-refractivity contribution >= 4 is 23.0 Å². The van der Waals surface area contributed by atoms with E-state index >= 15 is 0 Å². The number of aryl methyl sites for hydroxylation is 1. The Morgan fingerprint density at radius 1 is 1.10 bits per heavy atom. The van der Waals surface area contributed by atoms with Crippen molar-refractivity contribution in [2.45, 2.75) is 58.2 Å². The van der Waals surface area contributed by atoms with E-state index in [1.807, 2.05) is 24.2 Å². The van der Waals surface area contributed by atoms with Crippen LogP contribution in [-0.2, 0) is 18.6 Å². The fraction of sp³-hybridized carbons (Fsp3) is 0.355. The lowest BCUT2D eigenvalue weighted by molar-refractivity contribution is 0.0713. The average Bonchev–Trinajstić information content (AvgIpc) is 3.58. The molecule has 9 heteroatoms. The molecule has 0 spiro atoms. The molecule has 2 amide bonds. The van der Waals surface area contributed by atoms with Crippen LogP contribution in [0.5, 0.6) is 0 Å². The number of nitrogens with zero attached hydrogens (tertiary/aromatic N) is 4. The van der Waals surface area contributed by atoms with Gasteiger partial charge in [0.15, 0.2) is 0 Å². The van der Waals surface area contributed by atoms with Gasteiger partial charge in [-0.15, -0.1) is 0 Å². The zero-order valence-corrected chi connectivity index (χ0v) is 22.9. The number of H-pyrrole nitrogens is 1. The summed E-state index contributed by atoms with van der Waals surface area (Å²) in [5, 5.41) is 21.4. The maximum Gasteiger partial charge on any atom is 0.407 e. The van der Waals surface area contributed by atoms with Crippen LogP contribution < -0.4 is 0 Å². The molecule has 1 atom stereocenters. The largest absolute Gasteiger partial charge is 0.465 e. The van der Waals surface area contributed by atoms with Crippen molar-refractivity contribution in [3.63, 3.8) is 0 Å². The van der Waals surface area contributed by atoms with Crippen LogP contribution in [0.25, 0.3) is 22.2 Å². The lowest BCUT2D eigenvalue weighted by Crippen LogP contribution is -2.38. The van der Waals surface area contributed by atoms with Crippen LogP contribution in [0.4, 0.5) is 4.79 Å². The predicted molar refractivity (Wildman–Crippen MR) is 151 cm³/mol. The van der Waals surface area contributed by atoms with Crippen molar-refractivity contribution in [2.24, 2.45) is 0 Å². The average molecular weight is 540 g/mol. The van der Waals surface area contributed by atoms with E-state index in [0.29, 0.717) is 37.3 Å². The first kappa shape index (κ1) is 26.0. The fourth-order valence-electron chi connectivity index (χ4n) is 6.03. The van der Waals surface area contributed by atoms with Gasteiger partial charge in [-0.25, -0.2) is 9.78 Å². The highest BCUT2D eigenvalue weighted by molar-refractivity contribution is 5.94. The molecule has 206 valence electrons. The molecule has 1 saturated heterocycles. The van der Waals surface area contributed by atoms with E-state index in [9.17, 15) is 19.8 Å². The molecule has 5 heterocycles. The highest BCUT2D eigenvalue weighted by Crippen LogP contribution is 2.40. The molecule has 1 aromatic carbocycles. The van der Waals surface area contributed by atoms with E-state index in [2.05, 4.69) is 33.2 Å². The molecule has 0 unspecified atom stereocenters. The first-order valence-corrected chi connectivity index (χ1v) is 13.7. The standard InChI is InChI=1S/C31H33N5O4/c1-18-15-33-28-23(18)13-22(16-34-28)21-11-19-7-10-35(29(37)20-6-8-32-27(14-20)31(2,3)40)17-25(19)24(12-21)26-5-4-9-36(26)30(38)39/h6,8,11-16,26,40H,4-5,7,9-10,17H2,1-3H3,(H,33,34)(H,38,39)/t26-/m0/s1. The quantitative estimate of drug-likeness (QED) is 0.329. The van der Waals surface area contributed by atoms with Crippen LogP contribution in [0.1, 0.15) is 71.0 Å². The number of hydrogen-bond acceptors (Lipinski definition) is 5. The third kappa shape index (κ3) is 4.60. The monoisotopic (exact) mass is 539 g/mol. The lowest BCUT2D eigenvalue weighted by Gasteiger charge is -2.34. The highest BCUT2D eigenvalue weighted by Gasteiger charge is 2.34. The molecular formula is C31H33N5O4.